The monoisotopic (exact) mass is 114 g/mol. The van der Waals surface area contributed by atoms with Crippen molar-refractivity contribution >= 4 is 5.97 Å². The third kappa shape index (κ3) is 3.36. The van der Waals surface area contributed by atoms with Crippen LogP contribution in [0, 0.1) is 6.54 Å². The third-order valence-electron chi connectivity index (χ3n) is 0.480. The van der Waals surface area contributed by atoms with Gasteiger partial charge >= 0.3 is 5.97 Å². The summed E-state index contributed by atoms with van der Waals surface area (Å²) in [5, 5.41) is 0. The summed E-state index contributed by atoms with van der Waals surface area (Å²) >= 11 is 0. The van der Waals surface area contributed by atoms with E-state index in [1.807, 2.05) is 0 Å². The van der Waals surface area contributed by atoms with Crippen LogP contribution < -0.4 is 5.73 Å². The number of esters is 1. The van der Waals surface area contributed by atoms with Crippen LogP contribution >= 0.6 is 0 Å². The van der Waals surface area contributed by atoms with Crippen LogP contribution in [0.4, 0.5) is 0 Å². The van der Waals surface area contributed by atoms with E-state index < -0.39 is 5.97 Å². The van der Waals surface area contributed by atoms with Gasteiger partial charge in [0.15, 0.2) is 0 Å². The normalized spacial score (nSPS) is 8.12. The Morgan fingerprint density at radius 3 is 2.88 bits per heavy atom. The molecule has 0 bridgehead atoms. The molecule has 3 nitrogen and oxygen atoms in total. The van der Waals surface area contributed by atoms with Gasteiger partial charge in [0.2, 0.25) is 0 Å². The Morgan fingerprint density at radius 2 is 2.50 bits per heavy atom. The zero-order valence-corrected chi connectivity index (χ0v) is 4.46. The first-order valence-corrected chi connectivity index (χ1v) is 2.14. The maximum absolute atomic E-state index is 10.1. The van der Waals surface area contributed by atoms with Gasteiger partial charge in [0.25, 0.3) is 0 Å². The summed E-state index contributed by atoms with van der Waals surface area (Å²) in [5.74, 6) is -0.523. The molecule has 0 rings (SSSR count). The minimum Gasteiger partial charge on any atom is -0.460 e. The SMILES string of the molecule is C=CCOC(=O)[CH]N. The highest BCUT2D eigenvalue weighted by atomic mass is 16.5. The van der Waals surface area contributed by atoms with Gasteiger partial charge in [-0.1, -0.05) is 12.7 Å². The topological polar surface area (TPSA) is 52.3 Å². The molecular weight excluding hydrogens is 106 g/mol. The number of hydrogen-bond donors (Lipinski definition) is 1. The summed E-state index contributed by atoms with van der Waals surface area (Å²) in [5.41, 5.74) is 4.78. The van der Waals surface area contributed by atoms with E-state index in [-0.39, 0.29) is 6.61 Å². The fourth-order valence-corrected chi connectivity index (χ4v) is 0.189. The average Bonchev–Trinajstić information content (AvgIpc) is 1.83. The second-order valence-electron chi connectivity index (χ2n) is 1.09. The summed E-state index contributed by atoms with van der Waals surface area (Å²) in [6.07, 6.45) is 1.47. The van der Waals surface area contributed by atoms with E-state index in [1.165, 1.54) is 6.08 Å². The Bertz CT molecular complexity index is 90.4. The van der Waals surface area contributed by atoms with Crippen LogP contribution in [-0.2, 0) is 9.53 Å². The van der Waals surface area contributed by atoms with Crippen molar-refractivity contribution < 1.29 is 9.53 Å². The molecule has 2 N–H and O–H groups in total. The van der Waals surface area contributed by atoms with Gasteiger partial charge in [-0.05, 0) is 0 Å². The van der Waals surface area contributed by atoms with E-state index in [9.17, 15) is 4.79 Å². The van der Waals surface area contributed by atoms with Gasteiger partial charge in [0.05, 0.1) is 0 Å². The number of hydrogen-bond acceptors (Lipinski definition) is 3. The fraction of sp³-hybridized carbons (Fsp3) is 0.200. The molecule has 0 unspecified atom stereocenters. The van der Waals surface area contributed by atoms with Crippen molar-refractivity contribution in [2.75, 3.05) is 6.61 Å². The molecule has 45 valence electrons. The third-order valence-corrected chi connectivity index (χ3v) is 0.480. The molecule has 0 aliphatic rings. The molecule has 0 atom stereocenters. The van der Waals surface area contributed by atoms with E-state index in [0.717, 1.165) is 6.54 Å². The zero-order chi connectivity index (χ0) is 6.41. The van der Waals surface area contributed by atoms with Crippen LogP contribution in [0.25, 0.3) is 0 Å². The predicted molar refractivity (Wildman–Crippen MR) is 29.6 cm³/mol. The van der Waals surface area contributed by atoms with E-state index in [1.54, 1.807) is 0 Å². The first-order valence-electron chi connectivity index (χ1n) is 2.14. The highest BCUT2D eigenvalue weighted by molar-refractivity contribution is 5.77. The number of ether oxygens (including phenoxy) is 1. The summed E-state index contributed by atoms with van der Waals surface area (Å²) in [4.78, 5) is 10.1. The highest BCUT2D eigenvalue weighted by Crippen LogP contribution is 1.76. The molecule has 0 fully saturated rings. The lowest BCUT2D eigenvalue weighted by Crippen LogP contribution is -2.10. The molecule has 0 saturated carbocycles. The quantitative estimate of drug-likeness (QED) is 0.409. The van der Waals surface area contributed by atoms with Crippen molar-refractivity contribution in [1.82, 2.24) is 0 Å². The van der Waals surface area contributed by atoms with Gasteiger partial charge < -0.3 is 10.5 Å². The van der Waals surface area contributed by atoms with Crippen molar-refractivity contribution in [2.24, 2.45) is 5.73 Å². The average molecular weight is 114 g/mol. The van der Waals surface area contributed by atoms with Crippen molar-refractivity contribution in [3.05, 3.63) is 19.2 Å². The van der Waals surface area contributed by atoms with Gasteiger partial charge in [0, 0.05) is 0 Å². The van der Waals surface area contributed by atoms with E-state index in [0.29, 0.717) is 0 Å². The first kappa shape index (κ1) is 7.17. The van der Waals surface area contributed by atoms with Gasteiger partial charge in [-0.25, -0.2) is 0 Å². The van der Waals surface area contributed by atoms with Gasteiger partial charge in [-0.15, -0.1) is 0 Å². The molecule has 0 spiro atoms. The molecule has 0 heterocycles. The van der Waals surface area contributed by atoms with Crippen LogP contribution in [0.5, 0.6) is 0 Å². The Balaban J connectivity index is 3.11. The van der Waals surface area contributed by atoms with Gasteiger partial charge in [-0.2, -0.15) is 0 Å². The minimum atomic E-state index is -0.523. The Hall–Kier alpha value is -0.830. The summed E-state index contributed by atoms with van der Waals surface area (Å²) in [6.45, 7) is 4.41. The zero-order valence-electron chi connectivity index (χ0n) is 4.46. The largest absolute Gasteiger partial charge is 0.460 e. The molecular formula is C5H8NO2. The standard InChI is InChI=1S/C5H8NO2/c1-2-3-8-5(7)4-6/h2,4H,1,3,6H2. The smallest absolute Gasteiger partial charge is 0.325 e. The maximum atomic E-state index is 10.1. The lowest BCUT2D eigenvalue weighted by atomic mass is 10.6. The predicted octanol–water partition coefficient (Wildman–Crippen LogP) is -0.164. The van der Waals surface area contributed by atoms with Gasteiger partial charge in [0.1, 0.15) is 13.2 Å². The van der Waals surface area contributed by atoms with Crippen LogP contribution in [0.15, 0.2) is 12.7 Å². The van der Waals surface area contributed by atoms with E-state index >= 15 is 0 Å². The van der Waals surface area contributed by atoms with E-state index in [4.69, 9.17) is 5.73 Å². The fourth-order valence-electron chi connectivity index (χ4n) is 0.189. The maximum Gasteiger partial charge on any atom is 0.325 e. The van der Waals surface area contributed by atoms with Crippen molar-refractivity contribution in [2.45, 2.75) is 0 Å². The van der Waals surface area contributed by atoms with Crippen LogP contribution in [0.3, 0.4) is 0 Å². The minimum absolute atomic E-state index is 0.215. The Morgan fingerprint density at radius 1 is 1.88 bits per heavy atom. The van der Waals surface area contributed by atoms with Crippen LogP contribution in [0.2, 0.25) is 0 Å². The number of rotatable bonds is 3. The summed E-state index contributed by atoms with van der Waals surface area (Å²) in [7, 11) is 0. The summed E-state index contributed by atoms with van der Waals surface area (Å²) in [6, 6.07) is 0. The highest BCUT2D eigenvalue weighted by Gasteiger charge is 1.93. The number of carbonyl (C=O) groups is 1. The molecule has 8 heavy (non-hydrogen) atoms. The molecule has 0 aliphatic carbocycles. The second-order valence-corrected chi connectivity index (χ2v) is 1.09. The summed E-state index contributed by atoms with van der Waals surface area (Å²) < 4.78 is 4.40. The molecule has 0 aromatic heterocycles. The van der Waals surface area contributed by atoms with Crippen LogP contribution in [-0.4, -0.2) is 12.6 Å². The molecule has 0 aromatic rings. The number of nitrogens with two attached hydrogens (primary N) is 1. The Kier molecular flexibility index (Phi) is 3.88. The van der Waals surface area contributed by atoms with Gasteiger partial charge in [-0.3, -0.25) is 4.79 Å². The molecule has 0 saturated heterocycles. The lowest BCUT2D eigenvalue weighted by molar-refractivity contribution is -0.138. The van der Waals surface area contributed by atoms with Crippen LogP contribution in [0.1, 0.15) is 0 Å². The number of carbonyl (C=O) groups excluding carboxylic acids is 1. The first-order chi connectivity index (χ1) is 3.81. The molecule has 0 aliphatic heterocycles. The van der Waals surface area contributed by atoms with Crippen molar-refractivity contribution in [3.63, 3.8) is 0 Å². The molecule has 0 aromatic carbocycles. The molecule has 0 amide bonds. The molecule has 1 radical (unpaired) electrons. The van der Waals surface area contributed by atoms with Crippen molar-refractivity contribution in [3.8, 4) is 0 Å². The van der Waals surface area contributed by atoms with Crippen molar-refractivity contribution in [1.29, 1.82) is 0 Å². The van der Waals surface area contributed by atoms with E-state index in [2.05, 4.69) is 11.3 Å². The lowest BCUT2D eigenvalue weighted by Gasteiger charge is -1.94. The Labute approximate surface area is 48.1 Å². The second kappa shape index (κ2) is 4.33. The molecule has 3 heteroatoms.